The average Bonchev–Trinajstić information content (AvgIpc) is 3.19. The number of ketones is 1. The normalized spacial score (nSPS) is 19.7. The Kier molecular flexibility index (Phi) is 6.22. The van der Waals surface area contributed by atoms with E-state index < -0.39 is 34.4 Å². The number of H-pyrrole nitrogens is 1. The number of nitrogens with one attached hydrogen (secondary N) is 1. The SMILES string of the molecule is CC[C@@H](C)N(C(=O)COC(=O)c1cc(C(C)=O)c[nH]1)[C@@H]1CCS(=O)(=O)C1. The van der Waals surface area contributed by atoms with Crippen LogP contribution in [0.5, 0.6) is 0 Å². The van der Waals surface area contributed by atoms with Gasteiger partial charge in [0.2, 0.25) is 0 Å². The van der Waals surface area contributed by atoms with Crippen LogP contribution in [0.15, 0.2) is 12.3 Å². The summed E-state index contributed by atoms with van der Waals surface area (Å²) in [5.41, 5.74) is 0.433. The molecule has 0 aliphatic carbocycles. The van der Waals surface area contributed by atoms with Crippen molar-refractivity contribution >= 4 is 27.5 Å². The van der Waals surface area contributed by atoms with Crippen molar-refractivity contribution in [2.24, 2.45) is 0 Å². The maximum absolute atomic E-state index is 12.6. The zero-order valence-corrected chi connectivity index (χ0v) is 16.0. The summed E-state index contributed by atoms with van der Waals surface area (Å²) in [4.78, 5) is 40.0. The van der Waals surface area contributed by atoms with Gasteiger partial charge >= 0.3 is 5.97 Å². The van der Waals surface area contributed by atoms with E-state index in [1.54, 1.807) is 0 Å². The average molecular weight is 384 g/mol. The molecule has 26 heavy (non-hydrogen) atoms. The van der Waals surface area contributed by atoms with Crippen LogP contribution in [0.2, 0.25) is 0 Å². The molecule has 0 unspecified atom stereocenters. The molecule has 1 N–H and O–H groups in total. The van der Waals surface area contributed by atoms with Crippen LogP contribution < -0.4 is 0 Å². The largest absolute Gasteiger partial charge is 0.451 e. The summed E-state index contributed by atoms with van der Waals surface area (Å²) in [6, 6.07) is 0.816. The van der Waals surface area contributed by atoms with Crippen LogP contribution in [0, 0.1) is 0 Å². The summed E-state index contributed by atoms with van der Waals surface area (Å²) in [6.07, 6.45) is 2.45. The molecule has 1 aromatic rings. The van der Waals surface area contributed by atoms with E-state index in [0.29, 0.717) is 18.4 Å². The van der Waals surface area contributed by atoms with Gasteiger partial charge in [0.25, 0.3) is 5.91 Å². The minimum Gasteiger partial charge on any atom is -0.451 e. The Morgan fingerprint density at radius 2 is 2.08 bits per heavy atom. The third kappa shape index (κ3) is 4.72. The van der Waals surface area contributed by atoms with Crippen LogP contribution in [-0.4, -0.2) is 66.2 Å². The van der Waals surface area contributed by atoms with Crippen LogP contribution in [0.4, 0.5) is 0 Å². The van der Waals surface area contributed by atoms with Gasteiger partial charge in [-0.05, 0) is 32.8 Å². The number of carbonyl (C=O) groups is 3. The first-order valence-corrected chi connectivity index (χ1v) is 10.3. The fourth-order valence-corrected chi connectivity index (χ4v) is 4.71. The molecular formula is C17H24N2O6S. The first kappa shape index (κ1) is 20.2. The number of rotatable bonds is 7. The van der Waals surface area contributed by atoms with Gasteiger partial charge in [-0.1, -0.05) is 6.92 Å². The summed E-state index contributed by atoms with van der Waals surface area (Å²) >= 11 is 0. The number of carbonyl (C=O) groups excluding carboxylic acids is 3. The second-order valence-electron chi connectivity index (χ2n) is 6.55. The van der Waals surface area contributed by atoms with E-state index in [1.807, 2.05) is 13.8 Å². The minimum absolute atomic E-state index is 0.0599. The van der Waals surface area contributed by atoms with Gasteiger partial charge in [-0.15, -0.1) is 0 Å². The van der Waals surface area contributed by atoms with Crippen LogP contribution in [0.1, 0.15) is 54.5 Å². The standard InChI is InChI=1S/C17H24N2O6S/c1-4-11(2)19(14-5-6-26(23,24)10-14)16(21)9-25-17(22)15-7-13(8-18-15)12(3)20/h7-8,11,14,18H,4-6,9-10H2,1-3H3/t11-,14-/m1/s1. The van der Waals surface area contributed by atoms with Crippen molar-refractivity contribution in [2.45, 2.75) is 45.7 Å². The Hall–Kier alpha value is -2.16. The zero-order valence-electron chi connectivity index (χ0n) is 15.1. The van der Waals surface area contributed by atoms with Gasteiger partial charge in [0.1, 0.15) is 5.69 Å². The molecule has 144 valence electrons. The van der Waals surface area contributed by atoms with Crippen molar-refractivity contribution in [1.29, 1.82) is 0 Å². The van der Waals surface area contributed by atoms with Crippen LogP contribution >= 0.6 is 0 Å². The van der Waals surface area contributed by atoms with Crippen LogP contribution in [0.25, 0.3) is 0 Å². The highest BCUT2D eigenvalue weighted by molar-refractivity contribution is 7.91. The van der Waals surface area contributed by atoms with E-state index in [1.165, 1.54) is 24.1 Å². The quantitative estimate of drug-likeness (QED) is 0.558. The predicted octanol–water partition coefficient (Wildman–Crippen LogP) is 1.19. The Morgan fingerprint density at radius 3 is 2.58 bits per heavy atom. The lowest BCUT2D eigenvalue weighted by molar-refractivity contribution is -0.138. The van der Waals surface area contributed by atoms with Gasteiger partial charge in [-0.2, -0.15) is 0 Å². The molecule has 2 atom stereocenters. The molecule has 2 rings (SSSR count). The van der Waals surface area contributed by atoms with E-state index in [4.69, 9.17) is 4.74 Å². The topological polar surface area (TPSA) is 114 Å². The van der Waals surface area contributed by atoms with Gasteiger partial charge in [0.05, 0.1) is 11.5 Å². The molecule has 8 nitrogen and oxygen atoms in total. The van der Waals surface area contributed by atoms with Gasteiger partial charge in [0.15, 0.2) is 22.2 Å². The number of nitrogens with zero attached hydrogens (tertiary/aromatic N) is 1. The molecule has 0 aromatic carbocycles. The smallest absolute Gasteiger partial charge is 0.355 e. The molecule has 2 heterocycles. The van der Waals surface area contributed by atoms with Gasteiger partial charge in [-0.25, -0.2) is 13.2 Å². The number of aromatic amines is 1. The fourth-order valence-electron chi connectivity index (χ4n) is 3.00. The molecule has 1 aromatic heterocycles. The number of ether oxygens (including phenoxy) is 1. The zero-order chi connectivity index (χ0) is 19.5. The highest BCUT2D eigenvalue weighted by Gasteiger charge is 2.36. The number of hydrogen-bond donors (Lipinski definition) is 1. The molecule has 1 aliphatic rings. The molecular weight excluding hydrogens is 360 g/mol. The summed E-state index contributed by atoms with van der Waals surface area (Å²) in [6.45, 7) is 4.65. The number of amides is 1. The van der Waals surface area contributed by atoms with Crippen molar-refractivity contribution in [3.8, 4) is 0 Å². The lowest BCUT2D eigenvalue weighted by atomic mass is 10.1. The summed E-state index contributed by atoms with van der Waals surface area (Å²) in [5, 5.41) is 0. The Morgan fingerprint density at radius 1 is 1.38 bits per heavy atom. The predicted molar refractivity (Wildman–Crippen MR) is 94.7 cm³/mol. The third-order valence-corrected chi connectivity index (χ3v) is 6.34. The second-order valence-corrected chi connectivity index (χ2v) is 8.78. The van der Waals surface area contributed by atoms with Gasteiger partial charge in [0, 0.05) is 23.8 Å². The number of hydrogen-bond acceptors (Lipinski definition) is 6. The fraction of sp³-hybridized carbons (Fsp3) is 0.588. The van der Waals surface area contributed by atoms with E-state index in [2.05, 4.69) is 4.98 Å². The number of esters is 1. The highest BCUT2D eigenvalue weighted by atomic mass is 32.2. The molecule has 0 radical (unpaired) electrons. The van der Waals surface area contributed by atoms with Crippen molar-refractivity contribution in [1.82, 2.24) is 9.88 Å². The summed E-state index contributed by atoms with van der Waals surface area (Å²) in [7, 11) is -3.13. The van der Waals surface area contributed by atoms with Crippen molar-refractivity contribution in [3.05, 3.63) is 23.5 Å². The molecule has 1 amide bonds. The summed E-state index contributed by atoms with van der Waals surface area (Å²) in [5.74, 6) is -1.35. The van der Waals surface area contributed by atoms with E-state index in [9.17, 15) is 22.8 Å². The van der Waals surface area contributed by atoms with Crippen LogP contribution in [0.3, 0.4) is 0 Å². The van der Waals surface area contributed by atoms with E-state index >= 15 is 0 Å². The minimum atomic E-state index is -3.13. The molecule has 0 saturated carbocycles. The van der Waals surface area contributed by atoms with E-state index in [-0.39, 0.29) is 29.0 Å². The monoisotopic (exact) mass is 384 g/mol. The molecule has 1 aliphatic heterocycles. The Bertz CT molecular complexity index is 798. The van der Waals surface area contributed by atoms with Crippen LogP contribution in [-0.2, 0) is 19.4 Å². The third-order valence-electron chi connectivity index (χ3n) is 4.59. The molecule has 1 fully saturated rings. The summed E-state index contributed by atoms with van der Waals surface area (Å²) < 4.78 is 28.5. The molecule has 0 bridgehead atoms. The maximum atomic E-state index is 12.6. The lowest BCUT2D eigenvalue weighted by Gasteiger charge is -2.33. The first-order chi connectivity index (χ1) is 12.1. The molecule has 1 saturated heterocycles. The van der Waals surface area contributed by atoms with Gasteiger partial charge < -0.3 is 14.6 Å². The Labute approximate surface area is 152 Å². The molecule has 9 heteroatoms. The number of aromatic nitrogens is 1. The Balaban J connectivity index is 2.02. The highest BCUT2D eigenvalue weighted by Crippen LogP contribution is 2.21. The number of sulfone groups is 1. The second kappa shape index (κ2) is 8.03. The maximum Gasteiger partial charge on any atom is 0.355 e. The van der Waals surface area contributed by atoms with Gasteiger partial charge in [-0.3, -0.25) is 9.59 Å². The first-order valence-electron chi connectivity index (χ1n) is 8.52. The van der Waals surface area contributed by atoms with Crippen molar-refractivity contribution in [2.75, 3.05) is 18.1 Å². The van der Waals surface area contributed by atoms with Crippen molar-refractivity contribution in [3.63, 3.8) is 0 Å². The van der Waals surface area contributed by atoms with E-state index in [0.717, 1.165) is 0 Å². The lowest BCUT2D eigenvalue weighted by Crippen LogP contribution is -2.48. The van der Waals surface area contributed by atoms with Crippen molar-refractivity contribution < 1.29 is 27.5 Å². The number of Topliss-reactive ketones (excluding diaryl/α,β-unsaturated/α-hetero) is 1. The molecule has 0 spiro atoms.